The van der Waals surface area contributed by atoms with E-state index in [0.29, 0.717) is 10.7 Å². The van der Waals surface area contributed by atoms with Crippen LogP contribution in [0.25, 0.3) is 0 Å². The van der Waals surface area contributed by atoms with Crippen molar-refractivity contribution in [2.45, 2.75) is 11.8 Å². The van der Waals surface area contributed by atoms with Gasteiger partial charge in [-0.05, 0) is 17.9 Å². The predicted octanol–water partition coefficient (Wildman–Crippen LogP) is 3.51. The summed E-state index contributed by atoms with van der Waals surface area (Å²) in [6.45, 7) is 2.07. The topological polar surface area (TPSA) is 42.0 Å². The molecule has 0 atom stereocenters. The number of rotatable bonds is 4. The Morgan fingerprint density at radius 1 is 1.47 bits per heavy atom. The number of nitrogens with zero attached hydrogens (tertiary/aromatic N) is 1. The second-order valence-corrected chi connectivity index (χ2v) is 5.42. The summed E-state index contributed by atoms with van der Waals surface area (Å²) in [4.78, 5) is 17.1. The van der Waals surface area contributed by atoms with E-state index in [1.54, 1.807) is 18.0 Å². The summed E-state index contributed by atoms with van der Waals surface area (Å²) in [5.74, 6) is 0.846. The summed E-state index contributed by atoms with van der Waals surface area (Å²) in [7, 11) is 0. The fraction of sp³-hybridized carbons (Fsp3) is 0.167. The van der Waals surface area contributed by atoms with Crippen LogP contribution in [0.4, 0.5) is 5.13 Å². The maximum Gasteiger partial charge on any atom is 0.258 e. The highest BCUT2D eigenvalue weighted by Gasteiger charge is 2.11. The number of anilines is 1. The van der Waals surface area contributed by atoms with Crippen LogP contribution in [0.1, 0.15) is 17.3 Å². The lowest BCUT2D eigenvalue weighted by molar-refractivity contribution is 0.102. The molecule has 0 saturated heterocycles. The van der Waals surface area contributed by atoms with Gasteiger partial charge in [0.05, 0.1) is 5.56 Å². The molecule has 88 valence electrons. The molecule has 0 aliphatic rings. The molecule has 0 saturated carbocycles. The maximum atomic E-state index is 12.0. The second kappa shape index (κ2) is 5.84. The van der Waals surface area contributed by atoms with Crippen molar-refractivity contribution >= 4 is 34.1 Å². The fourth-order valence-electron chi connectivity index (χ4n) is 1.39. The summed E-state index contributed by atoms with van der Waals surface area (Å²) in [5, 5.41) is 5.26. The van der Waals surface area contributed by atoms with Gasteiger partial charge in [-0.2, -0.15) is 0 Å². The van der Waals surface area contributed by atoms with E-state index in [-0.39, 0.29) is 5.91 Å². The van der Waals surface area contributed by atoms with Crippen molar-refractivity contribution in [2.24, 2.45) is 0 Å². The Bertz CT molecular complexity index is 497. The normalized spacial score (nSPS) is 10.2. The van der Waals surface area contributed by atoms with E-state index in [1.165, 1.54) is 11.3 Å². The number of thioether (sulfide) groups is 1. The first kappa shape index (κ1) is 12.1. The quantitative estimate of drug-likeness (QED) is 0.859. The first-order valence-corrected chi connectivity index (χ1v) is 7.10. The van der Waals surface area contributed by atoms with Crippen LogP contribution in [0.5, 0.6) is 0 Å². The molecule has 0 aliphatic carbocycles. The largest absolute Gasteiger partial charge is 0.298 e. The summed E-state index contributed by atoms with van der Waals surface area (Å²) < 4.78 is 0. The maximum absolute atomic E-state index is 12.0. The van der Waals surface area contributed by atoms with Gasteiger partial charge in [-0.25, -0.2) is 4.98 Å². The molecule has 0 unspecified atom stereocenters. The molecule has 0 radical (unpaired) electrons. The van der Waals surface area contributed by atoms with E-state index >= 15 is 0 Å². The van der Waals surface area contributed by atoms with Gasteiger partial charge in [0, 0.05) is 16.5 Å². The monoisotopic (exact) mass is 264 g/mol. The minimum Gasteiger partial charge on any atom is -0.298 e. The molecule has 1 heterocycles. The lowest BCUT2D eigenvalue weighted by Gasteiger charge is -2.07. The molecule has 1 aromatic heterocycles. The molecule has 2 aromatic rings. The lowest BCUT2D eigenvalue weighted by Crippen LogP contribution is -2.12. The third-order valence-corrected chi connectivity index (χ3v) is 3.73. The van der Waals surface area contributed by atoms with E-state index in [2.05, 4.69) is 17.2 Å². The zero-order valence-electron chi connectivity index (χ0n) is 9.34. The average Bonchev–Trinajstić information content (AvgIpc) is 2.83. The van der Waals surface area contributed by atoms with Crippen LogP contribution < -0.4 is 5.32 Å². The molecule has 0 spiro atoms. The van der Waals surface area contributed by atoms with Gasteiger partial charge in [0.25, 0.3) is 5.91 Å². The number of nitrogens with one attached hydrogen (secondary N) is 1. The number of aromatic nitrogens is 1. The Morgan fingerprint density at radius 3 is 3.00 bits per heavy atom. The number of amides is 1. The van der Waals surface area contributed by atoms with Crippen LogP contribution >= 0.6 is 23.1 Å². The minimum atomic E-state index is -0.100. The first-order chi connectivity index (χ1) is 8.31. The molecule has 3 nitrogen and oxygen atoms in total. The number of carbonyl (C=O) groups is 1. The van der Waals surface area contributed by atoms with Crippen LogP contribution in [-0.4, -0.2) is 16.6 Å². The zero-order valence-corrected chi connectivity index (χ0v) is 11.0. The van der Waals surface area contributed by atoms with Gasteiger partial charge in [0.15, 0.2) is 5.13 Å². The molecule has 1 aromatic carbocycles. The van der Waals surface area contributed by atoms with Crippen LogP contribution in [0.15, 0.2) is 40.7 Å². The smallest absolute Gasteiger partial charge is 0.258 e. The van der Waals surface area contributed by atoms with E-state index in [4.69, 9.17) is 0 Å². The highest BCUT2D eigenvalue weighted by Crippen LogP contribution is 2.23. The van der Waals surface area contributed by atoms with Crippen molar-refractivity contribution in [2.75, 3.05) is 11.1 Å². The molecule has 1 N–H and O–H groups in total. The highest BCUT2D eigenvalue weighted by molar-refractivity contribution is 7.99. The summed E-state index contributed by atoms with van der Waals surface area (Å²) in [6.07, 6.45) is 1.67. The Morgan fingerprint density at radius 2 is 2.29 bits per heavy atom. The van der Waals surface area contributed by atoms with Crippen LogP contribution in [0.2, 0.25) is 0 Å². The van der Waals surface area contributed by atoms with Gasteiger partial charge in [-0.15, -0.1) is 23.1 Å². The molecular formula is C12H12N2OS2. The number of hydrogen-bond acceptors (Lipinski definition) is 4. The fourth-order valence-corrected chi connectivity index (χ4v) is 2.71. The summed E-state index contributed by atoms with van der Waals surface area (Å²) >= 11 is 3.08. The Kier molecular flexibility index (Phi) is 4.17. The molecule has 0 fully saturated rings. The van der Waals surface area contributed by atoms with Crippen LogP contribution in [-0.2, 0) is 0 Å². The second-order valence-electron chi connectivity index (χ2n) is 3.22. The van der Waals surface area contributed by atoms with E-state index in [9.17, 15) is 4.79 Å². The Balaban J connectivity index is 2.18. The van der Waals surface area contributed by atoms with Gasteiger partial charge in [0.2, 0.25) is 0 Å². The molecule has 0 aliphatic heterocycles. The van der Waals surface area contributed by atoms with E-state index < -0.39 is 0 Å². The van der Waals surface area contributed by atoms with Crippen molar-refractivity contribution in [3.63, 3.8) is 0 Å². The van der Waals surface area contributed by atoms with Crippen molar-refractivity contribution < 1.29 is 4.79 Å². The van der Waals surface area contributed by atoms with Crippen molar-refractivity contribution in [3.05, 3.63) is 41.4 Å². The van der Waals surface area contributed by atoms with Crippen LogP contribution in [0, 0.1) is 0 Å². The molecule has 5 heteroatoms. The summed E-state index contributed by atoms with van der Waals surface area (Å²) in [5.41, 5.74) is 0.703. The third-order valence-electron chi connectivity index (χ3n) is 2.08. The standard InChI is InChI=1S/C12H12N2OS2/c1-2-16-10-6-4-3-5-9(10)11(15)14-12-13-7-8-17-12/h3-8H,2H2,1H3,(H,13,14,15). The third kappa shape index (κ3) is 3.08. The van der Waals surface area contributed by atoms with Gasteiger partial charge in [0.1, 0.15) is 0 Å². The predicted molar refractivity (Wildman–Crippen MR) is 72.9 cm³/mol. The molecule has 2 rings (SSSR count). The Labute approximate surface area is 108 Å². The van der Waals surface area contributed by atoms with Gasteiger partial charge >= 0.3 is 0 Å². The van der Waals surface area contributed by atoms with Crippen molar-refractivity contribution in [3.8, 4) is 0 Å². The van der Waals surface area contributed by atoms with Crippen molar-refractivity contribution in [1.82, 2.24) is 4.98 Å². The number of benzene rings is 1. The van der Waals surface area contributed by atoms with Gasteiger partial charge in [-0.1, -0.05) is 19.1 Å². The van der Waals surface area contributed by atoms with E-state index in [1.807, 2.05) is 29.6 Å². The lowest BCUT2D eigenvalue weighted by atomic mass is 10.2. The highest BCUT2D eigenvalue weighted by atomic mass is 32.2. The van der Waals surface area contributed by atoms with Crippen LogP contribution in [0.3, 0.4) is 0 Å². The number of carbonyl (C=O) groups excluding carboxylic acids is 1. The molecular weight excluding hydrogens is 252 g/mol. The minimum absolute atomic E-state index is 0.100. The van der Waals surface area contributed by atoms with Gasteiger partial charge < -0.3 is 0 Å². The SMILES string of the molecule is CCSc1ccccc1C(=O)Nc1nccs1. The van der Waals surface area contributed by atoms with E-state index in [0.717, 1.165) is 10.6 Å². The van der Waals surface area contributed by atoms with Gasteiger partial charge in [-0.3, -0.25) is 10.1 Å². The zero-order chi connectivity index (χ0) is 12.1. The molecule has 0 bridgehead atoms. The number of thiazole rings is 1. The summed E-state index contributed by atoms with van der Waals surface area (Å²) in [6, 6.07) is 7.61. The Hall–Kier alpha value is -1.33. The van der Waals surface area contributed by atoms with Crippen molar-refractivity contribution in [1.29, 1.82) is 0 Å². The molecule has 17 heavy (non-hydrogen) atoms. The molecule has 1 amide bonds. The number of hydrogen-bond donors (Lipinski definition) is 1. The average molecular weight is 264 g/mol. The first-order valence-electron chi connectivity index (χ1n) is 5.24.